The number of carboxylic acid groups (broad SMARTS) is 1. The van der Waals surface area contributed by atoms with Crippen molar-refractivity contribution >= 4 is 28.5 Å². The summed E-state index contributed by atoms with van der Waals surface area (Å²) < 4.78 is 0. The summed E-state index contributed by atoms with van der Waals surface area (Å²) in [6.07, 6.45) is 3.25. The van der Waals surface area contributed by atoms with Gasteiger partial charge in [0.05, 0.1) is 11.2 Å². The zero-order valence-electron chi connectivity index (χ0n) is 12.8. The molecule has 122 valence electrons. The first-order chi connectivity index (χ1) is 11.6. The van der Waals surface area contributed by atoms with Crippen molar-refractivity contribution in [3.8, 4) is 6.07 Å². The van der Waals surface area contributed by atoms with Gasteiger partial charge in [-0.2, -0.15) is 5.26 Å². The number of para-hydroxylation sites is 1. The lowest BCUT2D eigenvalue weighted by Crippen LogP contribution is -2.26. The molecule has 0 saturated carbocycles. The Morgan fingerprint density at radius 3 is 2.83 bits per heavy atom. The lowest BCUT2D eigenvalue weighted by molar-refractivity contribution is -0.137. The number of anilines is 1. The van der Waals surface area contributed by atoms with E-state index in [0.717, 1.165) is 10.9 Å². The number of nitriles is 1. The lowest BCUT2D eigenvalue weighted by Gasteiger charge is -2.06. The first-order valence-corrected chi connectivity index (χ1v) is 7.32. The van der Waals surface area contributed by atoms with Gasteiger partial charge in [0, 0.05) is 30.7 Å². The summed E-state index contributed by atoms with van der Waals surface area (Å²) in [7, 11) is 0. The number of carbonyl (C=O) groups excluding carboxylic acids is 1. The third-order valence-corrected chi connectivity index (χ3v) is 3.22. The number of nitrogens with one attached hydrogen (secondary N) is 2. The second kappa shape index (κ2) is 8.29. The molecule has 0 bridgehead atoms. The van der Waals surface area contributed by atoms with Crippen molar-refractivity contribution in [2.24, 2.45) is 0 Å². The topological polar surface area (TPSA) is 115 Å². The van der Waals surface area contributed by atoms with Crippen LogP contribution in [0.2, 0.25) is 0 Å². The summed E-state index contributed by atoms with van der Waals surface area (Å²) in [6, 6.07) is 11.1. The Hall–Kier alpha value is -3.40. The average molecular weight is 324 g/mol. The van der Waals surface area contributed by atoms with Gasteiger partial charge in [-0.25, -0.2) is 0 Å². The van der Waals surface area contributed by atoms with Gasteiger partial charge in [0.1, 0.15) is 11.6 Å². The summed E-state index contributed by atoms with van der Waals surface area (Å²) in [4.78, 5) is 26.6. The van der Waals surface area contributed by atoms with Crippen LogP contribution in [0.5, 0.6) is 0 Å². The zero-order valence-corrected chi connectivity index (χ0v) is 12.8. The molecule has 1 heterocycles. The molecule has 0 unspecified atom stereocenters. The molecule has 0 atom stereocenters. The van der Waals surface area contributed by atoms with E-state index in [1.54, 1.807) is 12.3 Å². The molecule has 2 rings (SSSR count). The number of aromatic nitrogens is 1. The predicted molar refractivity (Wildman–Crippen MR) is 88.9 cm³/mol. The van der Waals surface area contributed by atoms with Crippen LogP contribution in [0.1, 0.15) is 12.8 Å². The number of rotatable bonds is 7. The summed E-state index contributed by atoms with van der Waals surface area (Å²) in [5, 5.41) is 24.0. The van der Waals surface area contributed by atoms with Crippen molar-refractivity contribution in [1.82, 2.24) is 10.3 Å². The minimum atomic E-state index is -0.926. The fourth-order valence-electron chi connectivity index (χ4n) is 2.06. The first-order valence-electron chi connectivity index (χ1n) is 7.32. The molecule has 0 radical (unpaired) electrons. The molecule has 1 aromatic carbocycles. The highest BCUT2D eigenvalue weighted by Crippen LogP contribution is 2.20. The van der Waals surface area contributed by atoms with E-state index in [9.17, 15) is 9.59 Å². The number of carboxylic acids is 1. The van der Waals surface area contributed by atoms with E-state index in [0.29, 0.717) is 12.1 Å². The number of fused-ring (bicyclic) bond motifs is 1. The number of nitrogens with zero attached hydrogens (tertiary/aromatic N) is 2. The Morgan fingerprint density at radius 1 is 1.29 bits per heavy atom. The van der Waals surface area contributed by atoms with Gasteiger partial charge in [-0.05, 0) is 18.6 Å². The fourth-order valence-corrected chi connectivity index (χ4v) is 2.06. The van der Waals surface area contributed by atoms with E-state index in [2.05, 4.69) is 15.6 Å². The van der Waals surface area contributed by atoms with E-state index < -0.39 is 11.9 Å². The quantitative estimate of drug-likeness (QED) is 0.408. The third kappa shape index (κ3) is 4.55. The normalized spacial score (nSPS) is 10.9. The smallest absolute Gasteiger partial charge is 0.303 e. The molecule has 2 aromatic rings. The number of benzene rings is 1. The van der Waals surface area contributed by atoms with E-state index in [1.807, 2.05) is 30.3 Å². The van der Waals surface area contributed by atoms with Crippen molar-refractivity contribution in [3.05, 3.63) is 48.3 Å². The monoisotopic (exact) mass is 324 g/mol. The molecule has 3 N–H and O–H groups in total. The van der Waals surface area contributed by atoms with Crippen LogP contribution < -0.4 is 10.6 Å². The second-order valence-electron chi connectivity index (χ2n) is 4.95. The molecule has 24 heavy (non-hydrogen) atoms. The Morgan fingerprint density at radius 2 is 2.08 bits per heavy atom. The largest absolute Gasteiger partial charge is 0.481 e. The standard InChI is InChI=1S/C17H16N4O3/c18-10-13(17(24)20-9-3-7-15(22)23)11-21-14-6-1-4-12-5-2-8-19-16(12)14/h1-2,4-6,8,11,21H,3,7,9H2,(H,20,24)(H,22,23)/b13-11-. The van der Waals surface area contributed by atoms with Gasteiger partial charge in [-0.1, -0.05) is 18.2 Å². The van der Waals surface area contributed by atoms with Gasteiger partial charge in [-0.15, -0.1) is 0 Å². The second-order valence-corrected chi connectivity index (χ2v) is 4.95. The van der Waals surface area contributed by atoms with E-state index in [4.69, 9.17) is 10.4 Å². The molecule has 1 amide bonds. The van der Waals surface area contributed by atoms with Crippen molar-refractivity contribution in [2.75, 3.05) is 11.9 Å². The van der Waals surface area contributed by atoms with Crippen molar-refractivity contribution in [2.45, 2.75) is 12.8 Å². The van der Waals surface area contributed by atoms with Crippen LogP contribution in [0.25, 0.3) is 10.9 Å². The van der Waals surface area contributed by atoms with Crippen LogP contribution in [0.4, 0.5) is 5.69 Å². The minimum Gasteiger partial charge on any atom is -0.481 e. The van der Waals surface area contributed by atoms with E-state index >= 15 is 0 Å². The number of pyridine rings is 1. The number of carbonyl (C=O) groups is 2. The highest BCUT2D eigenvalue weighted by atomic mass is 16.4. The number of hydrogen-bond acceptors (Lipinski definition) is 5. The molecular weight excluding hydrogens is 308 g/mol. The Balaban J connectivity index is 2.03. The highest BCUT2D eigenvalue weighted by molar-refractivity contribution is 5.98. The van der Waals surface area contributed by atoms with E-state index in [-0.39, 0.29) is 18.5 Å². The van der Waals surface area contributed by atoms with Crippen LogP contribution in [-0.4, -0.2) is 28.5 Å². The van der Waals surface area contributed by atoms with Gasteiger partial charge in [0.25, 0.3) is 5.91 Å². The molecule has 7 heteroatoms. The number of aliphatic carboxylic acids is 1. The Labute approximate surface area is 138 Å². The minimum absolute atomic E-state index is 0.0359. The van der Waals surface area contributed by atoms with Gasteiger partial charge >= 0.3 is 5.97 Å². The maximum Gasteiger partial charge on any atom is 0.303 e. The summed E-state index contributed by atoms with van der Waals surface area (Å²) in [5.74, 6) is -1.48. The summed E-state index contributed by atoms with van der Waals surface area (Å²) in [6.45, 7) is 0.194. The molecule has 1 aromatic heterocycles. The van der Waals surface area contributed by atoms with Gasteiger partial charge in [-0.3, -0.25) is 14.6 Å². The van der Waals surface area contributed by atoms with Crippen LogP contribution in [-0.2, 0) is 9.59 Å². The fraction of sp³-hybridized carbons (Fsp3) is 0.176. The third-order valence-electron chi connectivity index (χ3n) is 3.22. The maximum atomic E-state index is 11.9. The zero-order chi connectivity index (χ0) is 17.4. The van der Waals surface area contributed by atoms with Gasteiger partial charge in [0.2, 0.25) is 0 Å². The van der Waals surface area contributed by atoms with E-state index in [1.165, 1.54) is 6.20 Å². The van der Waals surface area contributed by atoms with Crippen molar-refractivity contribution < 1.29 is 14.7 Å². The van der Waals surface area contributed by atoms with Gasteiger partial charge < -0.3 is 15.7 Å². The molecule has 0 saturated heterocycles. The lowest BCUT2D eigenvalue weighted by atomic mass is 10.2. The predicted octanol–water partition coefficient (Wildman–Crippen LogP) is 2.04. The van der Waals surface area contributed by atoms with Crippen molar-refractivity contribution in [3.63, 3.8) is 0 Å². The van der Waals surface area contributed by atoms with Crippen LogP contribution in [0, 0.1) is 11.3 Å². The SMILES string of the molecule is N#C/C(=C/Nc1cccc2cccnc12)C(=O)NCCCC(=O)O. The van der Waals surface area contributed by atoms with Crippen molar-refractivity contribution in [1.29, 1.82) is 5.26 Å². The molecule has 7 nitrogen and oxygen atoms in total. The molecule has 0 fully saturated rings. The summed E-state index contributed by atoms with van der Waals surface area (Å²) in [5.41, 5.74) is 1.31. The van der Waals surface area contributed by atoms with Crippen LogP contribution >= 0.6 is 0 Å². The first kappa shape index (κ1) is 17.0. The maximum absolute atomic E-state index is 11.9. The highest BCUT2D eigenvalue weighted by Gasteiger charge is 2.09. The average Bonchev–Trinajstić information content (AvgIpc) is 2.59. The van der Waals surface area contributed by atoms with Crippen LogP contribution in [0.15, 0.2) is 48.3 Å². The molecule has 0 aliphatic carbocycles. The van der Waals surface area contributed by atoms with Crippen LogP contribution in [0.3, 0.4) is 0 Å². The summed E-state index contributed by atoms with van der Waals surface area (Å²) >= 11 is 0. The molecule has 0 spiro atoms. The molecular formula is C17H16N4O3. The molecule has 0 aliphatic rings. The molecule has 0 aliphatic heterocycles. The number of amides is 1. The number of hydrogen-bond donors (Lipinski definition) is 3. The van der Waals surface area contributed by atoms with Gasteiger partial charge in [0.15, 0.2) is 0 Å². The Bertz CT molecular complexity index is 819. The Kier molecular flexibility index (Phi) is 5.86.